The molecule has 1 aromatic heterocycles. The molecule has 3 aromatic rings. The number of aryl methyl sites for hydroxylation is 3. The predicted octanol–water partition coefficient (Wildman–Crippen LogP) is 4.08. The number of primary amides is 1. The average Bonchev–Trinajstić information content (AvgIpc) is 2.99. The summed E-state index contributed by atoms with van der Waals surface area (Å²) < 4.78 is 0. The molecule has 2 amide bonds. The maximum absolute atomic E-state index is 14.0. The fourth-order valence-corrected chi connectivity index (χ4v) is 6.39. The summed E-state index contributed by atoms with van der Waals surface area (Å²) in [6, 6.07) is 15.6. The molecule has 3 heterocycles. The average molecular weight is 566 g/mol. The van der Waals surface area contributed by atoms with Crippen molar-refractivity contribution in [2.45, 2.75) is 52.6 Å². The van der Waals surface area contributed by atoms with E-state index >= 15 is 0 Å². The van der Waals surface area contributed by atoms with Gasteiger partial charge < -0.3 is 25.8 Å². The van der Waals surface area contributed by atoms with E-state index in [1.807, 2.05) is 56.0 Å². The molecular weight excluding hydrogens is 526 g/mol. The van der Waals surface area contributed by atoms with Gasteiger partial charge in [-0.1, -0.05) is 18.2 Å². The second-order valence-corrected chi connectivity index (χ2v) is 11.5. The number of rotatable bonds is 6. The van der Waals surface area contributed by atoms with Gasteiger partial charge in [0.05, 0.1) is 17.8 Å². The Balaban J connectivity index is 1.31. The minimum absolute atomic E-state index is 0.0850. The van der Waals surface area contributed by atoms with Crippen molar-refractivity contribution in [1.29, 1.82) is 5.26 Å². The Bertz CT molecular complexity index is 1520. The Morgan fingerprint density at radius 2 is 1.76 bits per heavy atom. The van der Waals surface area contributed by atoms with E-state index in [1.165, 1.54) is 0 Å². The van der Waals surface area contributed by atoms with Crippen molar-refractivity contribution in [3.63, 3.8) is 0 Å². The number of aromatic nitrogens is 1. The van der Waals surface area contributed by atoms with Crippen LogP contribution in [0.5, 0.6) is 0 Å². The fraction of sp³-hybridized carbons (Fsp3) is 0.394. The van der Waals surface area contributed by atoms with E-state index in [2.05, 4.69) is 40.3 Å². The number of pyridine rings is 1. The summed E-state index contributed by atoms with van der Waals surface area (Å²) >= 11 is 0. The number of piperazine rings is 1. The summed E-state index contributed by atoms with van der Waals surface area (Å²) in [6.07, 6.45) is 3.53. The first-order valence-corrected chi connectivity index (χ1v) is 14.6. The van der Waals surface area contributed by atoms with Crippen molar-refractivity contribution < 1.29 is 9.59 Å². The zero-order chi connectivity index (χ0) is 30.0. The number of benzene rings is 2. The van der Waals surface area contributed by atoms with Crippen molar-refractivity contribution in [2.75, 3.05) is 47.8 Å². The van der Waals surface area contributed by atoms with Crippen LogP contribution >= 0.6 is 0 Å². The van der Waals surface area contributed by atoms with Crippen LogP contribution in [0.2, 0.25) is 0 Å². The van der Waals surface area contributed by atoms with Crippen molar-refractivity contribution in [3.05, 3.63) is 82.0 Å². The number of amides is 2. The predicted molar refractivity (Wildman–Crippen MR) is 166 cm³/mol. The standard InChI is InChI=1S/C33H39N7O2/c1-21-8-9-27(25(17-21)19-34)38-13-10-26(11-14-38)37-31-23(3)18-22(2)30(24(31)4)33(42)39-15-16-40(28(20-39)32(35)41)29-7-5-6-12-36-29/h5-9,12,17-18,26,28,37H,10-11,13-16,20H2,1-4H3,(H2,35,41). The second-order valence-electron chi connectivity index (χ2n) is 11.5. The third-order valence-corrected chi connectivity index (χ3v) is 8.58. The molecule has 0 spiro atoms. The van der Waals surface area contributed by atoms with E-state index in [-0.39, 0.29) is 18.5 Å². The molecule has 2 fully saturated rings. The number of piperidine rings is 1. The third-order valence-electron chi connectivity index (χ3n) is 8.58. The highest BCUT2D eigenvalue weighted by Crippen LogP contribution is 2.32. The van der Waals surface area contributed by atoms with Crippen molar-refractivity contribution in [2.24, 2.45) is 5.73 Å². The second kappa shape index (κ2) is 12.1. The first-order valence-electron chi connectivity index (χ1n) is 14.6. The Kier molecular flexibility index (Phi) is 8.34. The molecule has 3 N–H and O–H groups in total. The van der Waals surface area contributed by atoms with Gasteiger partial charge in [0.1, 0.15) is 17.9 Å². The van der Waals surface area contributed by atoms with E-state index < -0.39 is 11.9 Å². The minimum atomic E-state index is -0.651. The van der Waals surface area contributed by atoms with Gasteiger partial charge in [0.2, 0.25) is 5.91 Å². The topological polar surface area (TPSA) is 119 Å². The number of hydrogen-bond acceptors (Lipinski definition) is 7. The zero-order valence-electron chi connectivity index (χ0n) is 24.9. The molecule has 218 valence electrons. The summed E-state index contributed by atoms with van der Waals surface area (Å²) in [5.41, 5.74) is 13.2. The Hall–Kier alpha value is -4.58. The van der Waals surface area contributed by atoms with Gasteiger partial charge in [0.25, 0.3) is 5.91 Å². The molecule has 9 heteroatoms. The van der Waals surface area contributed by atoms with Gasteiger partial charge >= 0.3 is 0 Å². The molecule has 2 aliphatic rings. The fourth-order valence-electron chi connectivity index (χ4n) is 6.39. The molecule has 2 saturated heterocycles. The number of hydrogen-bond donors (Lipinski definition) is 2. The lowest BCUT2D eigenvalue weighted by atomic mass is 9.94. The molecule has 42 heavy (non-hydrogen) atoms. The van der Waals surface area contributed by atoms with E-state index in [1.54, 1.807) is 11.1 Å². The van der Waals surface area contributed by atoms with E-state index in [9.17, 15) is 14.9 Å². The van der Waals surface area contributed by atoms with Gasteiger partial charge in [0, 0.05) is 49.7 Å². The molecule has 1 atom stereocenters. The zero-order valence-corrected chi connectivity index (χ0v) is 24.9. The Morgan fingerprint density at radius 3 is 2.43 bits per heavy atom. The molecule has 5 rings (SSSR count). The van der Waals surface area contributed by atoms with Gasteiger partial charge in [-0.3, -0.25) is 9.59 Å². The van der Waals surface area contributed by atoms with E-state index in [0.29, 0.717) is 30.0 Å². The SMILES string of the molecule is Cc1ccc(N2CCC(Nc3c(C)cc(C)c(C(=O)N4CCN(c5ccccn5)C(C(N)=O)C4)c3C)CC2)c(C#N)c1. The smallest absolute Gasteiger partial charge is 0.254 e. The Labute approximate surface area is 247 Å². The van der Waals surface area contributed by atoms with Crippen LogP contribution in [0.3, 0.4) is 0 Å². The molecule has 1 unspecified atom stereocenters. The number of carbonyl (C=O) groups excluding carboxylic acids is 2. The highest BCUT2D eigenvalue weighted by atomic mass is 16.2. The summed E-state index contributed by atoms with van der Waals surface area (Å²) in [6.45, 7) is 10.9. The third kappa shape index (κ3) is 5.75. The van der Waals surface area contributed by atoms with Crippen LogP contribution in [0, 0.1) is 39.0 Å². The summed E-state index contributed by atoms with van der Waals surface area (Å²) in [4.78, 5) is 36.7. The minimum Gasteiger partial charge on any atom is -0.382 e. The van der Waals surface area contributed by atoms with Gasteiger partial charge in [-0.25, -0.2) is 4.98 Å². The van der Waals surface area contributed by atoms with Crippen LogP contribution in [-0.2, 0) is 4.79 Å². The number of nitrogens with zero attached hydrogens (tertiary/aromatic N) is 5. The molecule has 0 aliphatic carbocycles. The van der Waals surface area contributed by atoms with Gasteiger partial charge in [-0.2, -0.15) is 5.26 Å². The van der Waals surface area contributed by atoms with Crippen LogP contribution in [0.25, 0.3) is 0 Å². The number of nitrogens with one attached hydrogen (secondary N) is 1. The maximum atomic E-state index is 14.0. The van der Waals surface area contributed by atoms with Crippen LogP contribution in [0.1, 0.15) is 51.0 Å². The van der Waals surface area contributed by atoms with Gasteiger partial charge in [0.15, 0.2) is 0 Å². The normalized spacial score (nSPS) is 17.6. The van der Waals surface area contributed by atoms with E-state index in [4.69, 9.17) is 5.73 Å². The lowest BCUT2D eigenvalue weighted by Crippen LogP contribution is -2.59. The summed E-state index contributed by atoms with van der Waals surface area (Å²) in [5.74, 6) is 0.120. The molecule has 0 saturated carbocycles. The highest BCUT2D eigenvalue weighted by Gasteiger charge is 2.35. The number of nitriles is 1. The maximum Gasteiger partial charge on any atom is 0.254 e. The first-order chi connectivity index (χ1) is 20.2. The van der Waals surface area contributed by atoms with Gasteiger partial charge in [-0.05, 0) is 87.1 Å². The highest BCUT2D eigenvalue weighted by molar-refractivity contribution is 5.99. The van der Waals surface area contributed by atoms with Crippen molar-refractivity contribution in [1.82, 2.24) is 9.88 Å². The molecule has 2 aliphatic heterocycles. The quantitative estimate of drug-likeness (QED) is 0.462. The Morgan fingerprint density at radius 1 is 1.00 bits per heavy atom. The van der Waals surface area contributed by atoms with Crippen LogP contribution in [-0.4, -0.2) is 66.5 Å². The summed E-state index contributed by atoms with van der Waals surface area (Å²) in [7, 11) is 0. The number of anilines is 3. The van der Waals surface area contributed by atoms with Crippen LogP contribution < -0.4 is 20.9 Å². The molecule has 9 nitrogen and oxygen atoms in total. The van der Waals surface area contributed by atoms with Crippen molar-refractivity contribution >= 4 is 29.0 Å². The van der Waals surface area contributed by atoms with E-state index in [0.717, 1.165) is 59.6 Å². The van der Waals surface area contributed by atoms with Gasteiger partial charge in [-0.15, -0.1) is 0 Å². The largest absolute Gasteiger partial charge is 0.382 e. The number of carbonyl (C=O) groups is 2. The molecular formula is C33H39N7O2. The lowest BCUT2D eigenvalue weighted by Gasteiger charge is -2.41. The monoisotopic (exact) mass is 565 g/mol. The number of nitrogens with two attached hydrogens (primary N) is 1. The summed E-state index contributed by atoms with van der Waals surface area (Å²) in [5, 5.41) is 13.4. The van der Waals surface area contributed by atoms with Crippen molar-refractivity contribution in [3.8, 4) is 6.07 Å². The molecule has 0 bridgehead atoms. The molecule has 0 radical (unpaired) electrons. The lowest BCUT2D eigenvalue weighted by molar-refractivity contribution is -0.119. The first kappa shape index (κ1) is 28.9. The van der Waals surface area contributed by atoms with Crippen LogP contribution in [0.4, 0.5) is 17.2 Å². The molecule has 2 aromatic carbocycles. The van der Waals surface area contributed by atoms with Crippen LogP contribution in [0.15, 0.2) is 48.7 Å².